The molecule has 0 amide bonds. The summed E-state index contributed by atoms with van der Waals surface area (Å²) >= 11 is 6.99. The van der Waals surface area contributed by atoms with Gasteiger partial charge in [0.15, 0.2) is 0 Å². The fourth-order valence-corrected chi connectivity index (χ4v) is 11.3. The number of anilines is 2. The zero-order chi connectivity index (χ0) is 54.7. The zero-order valence-electron chi connectivity index (χ0n) is 43.6. The first-order valence-electron chi connectivity index (χ1n) is 23.4. The Kier molecular flexibility index (Phi) is 18.8. The van der Waals surface area contributed by atoms with Gasteiger partial charge in [0, 0.05) is 54.0 Å². The molecule has 0 saturated heterocycles. The van der Waals surface area contributed by atoms with Crippen molar-refractivity contribution in [1.82, 2.24) is 39.4 Å². The summed E-state index contributed by atoms with van der Waals surface area (Å²) in [6.45, 7) is 13.6. The summed E-state index contributed by atoms with van der Waals surface area (Å²) < 4.78 is 67.2. The van der Waals surface area contributed by atoms with E-state index in [2.05, 4.69) is 64.5 Å². The van der Waals surface area contributed by atoms with Crippen LogP contribution in [0.15, 0.2) is 94.2 Å². The van der Waals surface area contributed by atoms with E-state index in [4.69, 9.17) is 20.6 Å². The number of nitrogens with zero attached hydrogens (tertiary/aromatic N) is 8. The first-order chi connectivity index (χ1) is 35.4. The first kappa shape index (κ1) is 58.8. The van der Waals surface area contributed by atoms with Gasteiger partial charge in [-0.15, -0.1) is 0 Å². The van der Waals surface area contributed by atoms with Gasteiger partial charge in [-0.05, 0) is 118 Å². The number of imidazole rings is 2. The number of sulfonamides is 2. The number of nitrogens with one attached hydrogen (secondary N) is 2. The molecule has 6 heterocycles. The molecule has 0 saturated carbocycles. The van der Waals surface area contributed by atoms with Gasteiger partial charge in [0.2, 0.25) is 31.9 Å². The molecule has 10 aromatic rings. The number of alkyl halides is 2. The number of fused-ring (bicyclic) bond motifs is 4. The van der Waals surface area contributed by atoms with Crippen molar-refractivity contribution in [3.63, 3.8) is 0 Å². The second kappa shape index (κ2) is 24.3. The molecule has 0 unspecified atom stereocenters. The Morgan fingerprint density at radius 2 is 1.13 bits per heavy atom. The monoisotopic (exact) mass is 1200 g/mol. The van der Waals surface area contributed by atoms with E-state index >= 15 is 0 Å². The number of aryl methyl sites for hydroxylation is 8. The van der Waals surface area contributed by atoms with E-state index in [9.17, 15) is 26.9 Å². The smallest absolute Gasteiger partial charge is 0.423 e. The summed E-state index contributed by atoms with van der Waals surface area (Å²) in [6, 6.07) is 23.0. The van der Waals surface area contributed by atoms with Crippen molar-refractivity contribution in [3.05, 3.63) is 124 Å². The van der Waals surface area contributed by atoms with Crippen LogP contribution in [-0.2, 0) is 34.1 Å². The Labute approximate surface area is 458 Å². The van der Waals surface area contributed by atoms with E-state index < -0.39 is 27.2 Å². The Morgan fingerprint density at radius 3 is 1.59 bits per heavy atom. The van der Waals surface area contributed by atoms with Gasteiger partial charge in [0.05, 0.1) is 62.0 Å². The number of hydrogen-bond acceptors (Lipinski definition) is 14. The van der Waals surface area contributed by atoms with E-state index in [0.29, 0.717) is 59.8 Å². The molecule has 23 heteroatoms. The molecule has 18 nitrogen and oxygen atoms in total. The molecule has 0 atom stereocenters. The Morgan fingerprint density at radius 1 is 0.658 bits per heavy atom. The van der Waals surface area contributed by atoms with Gasteiger partial charge in [0.1, 0.15) is 11.5 Å². The number of pyridine rings is 2. The third-order valence-corrected chi connectivity index (χ3v) is 15.6. The van der Waals surface area contributed by atoms with E-state index in [-0.39, 0.29) is 19.3 Å². The molecule has 0 aliphatic heterocycles. The number of halogens is 2. The minimum atomic E-state index is -3.50. The second-order valence-corrected chi connectivity index (χ2v) is 24.4. The van der Waals surface area contributed by atoms with Gasteiger partial charge in [-0.3, -0.25) is 19.4 Å². The average molecular weight is 1200 g/mol. The topological polar surface area (TPSA) is 246 Å². The molecular formula is C53H62BClIN10O8S2-. The zero-order valence-corrected chi connectivity index (χ0v) is 48.1. The molecular weight excluding hydrogens is 1140 g/mol. The van der Waals surface area contributed by atoms with Crippen LogP contribution in [-0.4, -0.2) is 95.3 Å². The molecule has 0 radical (unpaired) electrons. The molecule has 0 fully saturated rings. The number of hydrogen-bond donors (Lipinski definition) is 4. The Bertz CT molecular complexity index is 3930. The summed E-state index contributed by atoms with van der Waals surface area (Å²) in [5.41, 5.74) is 13.8. The third-order valence-electron chi connectivity index (χ3n) is 12.0. The molecule has 0 aliphatic carbocycles. The molecule has 4 aromatic carbocycles. The van der Waals surface area contributed by atoms with Gasteiger partial charge in [-0.2, -0.15) is 0 Å². The average Bonchev–Trinajstić information content (AvgIpc) is 4.08. The van der Waals surface area contributed by atoms with Crippen LogP contribution in [0.25, 0.3) is 77.3 Å². The first-order valence-corrected chi connectivity index (χ1v) is 31.2. The van der Waals surface area contributed by atoms with E-state index in [1.54, 1.807) is 47.8 Å². The number of aromatic nitrogens is 8. The standard InChI is InChI=1S/C24H23N5O3S.C14H15ClN4O3S.C10H10BNO2.C4H10I.CH4/c1-13-8-9-19-17(7-6-10-25-19)21(13)18-11-16(22-14(2)27-32-15(22)3)12-20-23(18)29(4)24(26-20)28-33(5,30)31;1-7-12(8(2)22-17-7)9-5-10(15)13-11(6-9)16-14(19(13)3)18-23(4,20)21;1-7-4-5-9-8(3-2-6-12-9)10(7)11(13)14;1-3-4-5-2;/h6-12H,1-5H3,(H,26,28);5-6H,1-4H3,(H,16,18);2-6,13-14H,1H3;3-4H2,1-2H3;1H4/q;;;-1;. The normalized spacial score (nSPS) is 11.4. The fraction of sp³-hybridized carbons (Fsp3) is 0.283. The van der Waals surface area contributed by atoms with Gasteiger partial charge < -0.3 is 28.2 Å². The minimum Gasteiger partial charge on any atom is -0.423 e. The number of rotatable bonds is 10. The summed E-state index contributed by atoms with van der Waals surface area (Å²) in [5.74, 6) is 1.85. The molecule has 0 aliphatic rings. The van der Waals surface area contributed by atoms with E-state index in [0.717, 1.165) is 95.7 Å². The second-order valence-electron chi connectivity index (χ2n) is 17.9. The van der Waals surface area contributed by atoms with Crippen LogP contribution in [0.3, 0.4) is 0 Å². The van der Waals surface area contributed by atoms with Gasteiger partial charge >= 0.3 is 51.0 Å². The maximum Gasteiger partial charge on any atom is 0.489 e. The summed E-state index contributed by atoms with van der Waals surface area (Å²) in [6.07, 6.45) is 7.04. The van der Waals surface area contributed by atoms with Crippen LogP contribution in [0.5, 0.6) is 0 Å². The van der Waals surface area contributed by atoms with Gasteiger partial charge in [-0.1, -0.05) is 59.2 Å². The number of benzene rings is 4. The van der Waals surface area contributed by atoms with Crippen molar-refractivity contribution in [2.45, 2.75) is 62.3 Å². The van der Waals surface area contributed by atoms with Crippen molar-refractivity contribution in [1.29, 1.82) is 0 Å². The van der Waals surface area contributed by atoms with Crippen LogP contribution in [0, 0.1) is 41.5 Å². The van der Waals surface area contributed by atoms with Gasteiger partial charge in [0.25, 0.3) is 0 Å². The Balaban J connectivity index is 0.000000189. The molecule has 6 aromatic heterocycles. The molecule has 10 rings (SSSR count). The quantitative estimate of drug-likeness (QED) is 0.0642. The van der Waals surface area contributed by atoms with Crippen LogP contribution in [0.4, 0.5) is 11.9 Å². The summed E-state index contributed by atoms with van der Waals surface area (Å²) in [5, 5.41) is 28.8. The SMILES string of the molecule is C.CCC[I-]C.Cc1ccc2ncccc2c1-c1cc(-c2c(C)noc2C)cc2nc(NS(C)(=O)=O)n(C)c12.Cc1ccc2ncccc2c1B(O)O.Cc1noc(C)c1-c1cc(Cl)c2c(c1)nc(NS(C)(=O)=O)n2C. The van der Waals surface area contributed by atoms with Crippen molar-refractivity contribution in [3.8, 4) is 33.4 Å². The van der Waals surface area contributed by atoms with Crippen molar-refractivity contribution in [2.24, 2.45) is 14.1 Å². The fourth-order valence-electron chi connectivity index (χ4n) is 8.87. The van der Waals surface area contributed by atoms with Crippen LogP contribution < -0.4 is 36.1 Å². The van der Waals surface area contributed by atoms with Crippen LogP contribution in [0.1, 0.15) is 54.8 Å². The summed E-state index contributed by atoms with van der Waals surface area (Å²) in [7, 11) is -4.87. The summed E-state index contributed by atoms with van der Waals surface area (Å²) in [4.78, 5) is 19.9. The molecule has 4 N–H and O–H groups in total. The van der Waals surface area contributed by atoms with E-state index in [1.807, 2.05) is 89.2 Å². The van der Waals surface area contributed by atoms with Gasteiger partial charge in [-0.25, -0.2) is 26.8 Å². The van der Waals surface area contributed by atoms with Crippen LogP contribution >= 0.6 is 11.6 Å². The van der Waals surface area contributed by atoms with Crippen molar-refractivity contribution >= 4 is 100.0 Å². The van der Waals surface area contributed by atoms with Crippen molar-refractivity contribution in [2.75, 3.05) is 31.3 Å². The maximum absolute atomic E-state index is 12.0. The molecule has 76 heavy (non-hydrogen) atoms. The predicted molar refractivity (Wildman–Crippen MR) is 303 cm³/mol. The van der Waals surface area contributed by atoms with Crippen molar-refractivity contribution < 1.29 is 57.1 Å². The molecule has 0 bridgehead atoms. The Hall–Kier alpha value is -6.44. The third kappa shape index (κ3) is 13.0. The predicted octanol–water partition coefficient (Wildman–Crippen LogP) is 6.58. The molecule has 402 valence electrons. The largest absolute Gasteiger partial charge is 0.489 e. The maximum atomic E-state index is 12.0. The minimum absolute atomic E-state index is 0. The van der Waals surface area contributed by atoms with Crippen LogP contribution in [0.2, 0.25) is 5.02 Å². The molecule has 0 spiro atoms. The van der Waals surface area contributed by atoms with E-state index in [1.165, 1.54) is 10.8 Å².